The van der Waals surface area contributed by atoms with Gasteiger partial charge in [0.15, 0.2) is 0 Å². The maximum absolute atomic E-state index is 13.1. The van der Waals surface area contributed by atoms with Crippen LogP contribution in [-0.4, -0.2) is 40.2 Å². The molecule has 0 saturated carbocycles. The second-order valence-electron chi connectivity index (χ2n) is 7.27. The van der Waals surface area contributed by atoms with Crippen molar-refractivity contribution < 1.29 is 14.6 Å². The van der Waals surface area contributed by atoms with Crippen LogP contribution in [0.2, 0.25) is 5.02 Å². The van der Waals surface area contributed by atoms with Crippen molar-refractivity contribution in [3.05, 3.63) is 61.5 Å². The maximum Gasteiger partial charge on any atom is 0.256 e. The first-order valence-corrected chi connectivity index (χ1v) is 9.77. The molecular weight excluding hydrogens is 380 g/mol. The van der Waals surface area contributed by atoms with Crippen molar-refractivity contribution in [2.45, 2.75) is 46.3 Å². The normalized spacial score (nSPS) is 14.8. The number of pyridine rings is 1. The lowest BCUT2D eigenvalue weighted by Crippen LogP contribution is -2.39. The van der Waals surface area contributed by atoms with Crippen LogP contribution in [0, 0.1) is 13.8 Å². The number of hydrogen-bond donors (Lipinski definition) is 2. The summed E-state index contributed by atoms with van der Waals surface area (Å²) in [5.74, 6) is 0.229. The number of nitrogens with zero attached hydrogens (tertiary/aromatic N) is 1. The van der Waals surface area contributed by atoms with E-state index in [4.69, 9.17) is 21.4 Å². The third kappa shape index (κ3) is 4.08. The van der Waals surface area contributed by atoms with Gasteiger partial charge >= 0.3 is 0 Å². The summed E-state index contributed by atoms with van der Waals surface area (Å²) in [5.41, 5.74) is 3.38. The third-order valence-corrected chi connectivity index (χ3v) is 5.43. The molecule has 0 saturated heterocycles. The summed E-state index contributed by atoms with van der Waals surface area (Å²) in [6.45, 7) is 6.33. The number of ether oxygens (including phenoxy) is 1. The molecule has 150 valence electrons. The van der Waals surface area contributed by atoms with Crippen molar-refractivity contribution in [2.24, 2.45) is 0 Å². The number of aromatic nitrogens is 1. The van der Waals surface area contributed by atoms with E-state index in [1.165, 1.54) is 0 Å². The van der Waals surface area contributed by atoms with E-state index in [9.17, 15) is 9.59 Å². The second-order valence-corrected chi connectivity index (χ2v) is 7.65. The van der Waals surface area contributed by atoms with Gasteiger partial charge in [-0.05, 0) is 50.5 Å². The number of fused-ring (bicyclic) bond motifs is 1. The molecule has 0 aliphatic carbocycles. The summed E-state index contributed by atoms with van der Waals surface area (Å²) in [4.78, 5) is 29.9. The average molecular weight is 405 g/mol. The highest BCUT2D eigenvalue weighted by Gasteiger charge is 2.29. The molecule has 0 radical (unpaired) electrons. The molecule has 3 rings (SSSR count). The number of aliphatic hydroxyl groups excluding tert-OH is 1. The highest BCUT2D eigenvalue weighted by Crippen LogP contribution is 2.35. The summed E-state index contributed by atoms with van der Waals surface area (Å²) in [6.07, 6.45) is 0.920. The van der Waals surface area contributed by atoms with E-state index in [0.29, 0.717) is 36.3 Å². The Balaban J connectivity index is 1.89. The van der Waals surface area contributed by atoms with Gasteiger partial charge in [0.05, 0.1) is 23.2 Å². The first-order valence-electron chi connectivity index (χ1n) is 9.39. The lowest BCUT2D eigenvalue weighted by atomic mass is 9.97. The summed E-state index contributed by atoms with van der Waals surface area (Å²) in [7, 11) is 0. The number of aliphatic hydroxyl groups is 1. The minimum Gasteiger partial charge on any atom is -0.489 e. The van der Waals surface area contributed by atoms with Crippen molar-refractivity contribution >= 4 is 17.5 Å². The molecule has 0 spiro atoms. The fourth-order valence-electron chi connectivity index (χ4n) is 3.52. The molecule has 1 atom stereocenters. The molecule has 1 aromatic heterocycles. The second kappa shape index (κ2) is 8.37. The molecular formula is C21H25ClN2O4. The van der Waals surface area contributed by atoms with Gasteiger partial charge < -0.3 is 19.7 Å². The van der Waals surface area contributed by atoms with Crippen molar-refractivity contribution in [3.63, 3.8) is 0 Å². The van der Waals surface area contributed by atoms with Crippen LogP contribution in [0.4, 0.5) is 0 Å². The number of aromatic amines is 1. The number of halogens is 1. The van der Waals surface area contributed by atoms with Gasteiger partial charge in [0, 0.05) is 30.8 Å². The van der Waals surface area contributed by atoms with E-state index in [1.54, 1.807) is 11.0 Å². The lowest BCUT2D eigenvalue weighted by Gasteiger charge is -2.30. The molecule has 2 N–H and O–H groups in total. The van der Waals surface area contributed by atoms with E-state index in [1.807, 2.05) is 32.9 Å². The largest absolute Gasteiger partial charge is 0.489 e. The molecule has 2 aromatic rings. The van der Waals surface area contributed by atoms with Crippen molar-refractivity contribution in [2.75, 3.05) is 13.2 Å². The van der Waals surface area contributed by atoms with Crippen LogP contribution in [0.3, 0.4) is 0 Å². The number of amides is 1. The van der Waals surface area contributed by atoms with Crippen molar-refractivity contribution in [1.29, 1.82) is 0 Å². The zero-order chi connectivity index (χ0) is 20.4. The Bertz CT molecular complexity index is 954. The summed E-state index contributed by atoms with van der Waals surface area (Å²) in [6, 6.07) is 5.54. The average Bonchev–Trinajstić information content (AvgIpc) is 2.62. The number of rotatable bonds is 6. The van der Waals surface area contributed by atoms with Crippen LogP contribution in [0.5, 0.6) is 5.75 Å². The van der Waals surface area contributed by atoms with Gasteiger partial charge in [0.1, 0.15) is 5.75 Å². The fraction of sp³-hybridized carbons (Fsp3) is 0.429. The molecule has 1 aliphatic rings. The molecule has 0 bridgehead atoms. The van der Waals surface area contributed by atoms with Gasteiger partial charge in [-0.3, -0.25) is 9.59 Å². The van der Waals surface area contributed by atoms with Crippen molar-refractivity contribution in [1.82, 2.24) is 9.88 Å². The molecule has 2 heterocycles. The van der Waals surface area contributed by atoms with Crippen LogP contribution >= 0.6 is 11.6 Å². The van der Waals surface area contributed by atoms with Crippen molar-refractivity contribution in [3.8, 4) is 5.75 Å². The maximum atomic E-state index is 13.1. The molecule has 1 aromatic carbocycles. The van der Waals surface area contributed by atoms with E-state index in [2.05, 4.69) is 4.98 Å². The summed E-state index contributed by atoms with van der Waals surface area (Å²) >= 11 is 6.51. The van der Waals surface area contributed by atoms with Gasteiger partial charge in [-0.1, -0.05) is 17.7 Å². The Kier molecular flexibility index (Phi) is 6.10. The van der Waals surface area contributed by atoms with Crippen LogP contribution < -0.4 is 10.3 Å². The van der Waals surface area contributed by atoms with E-state index in [-0.39, 0.29) is 35.7 Å². The first-order chi connectivity index (χ1) is 13.3. The number of nitrogens with one attached hydrogen (secondary N) is 1. The summed E-state index contributed by atoms with van der Waals surface area (Å²) < 4.78 is 5.79. The van der Waals surface area contributed by atoms with Gasteiger partial charge in [0.25, 0.3) is 11.5 Å². The number of hydrogen-bond acceptors (Lipinski definition) is 4. The third-order valence-electron chi connectivity index (χ3n) is 5.05. The van der Waals surface area contributed by atoms with Crippen LogP contribution in [0.15, 0.2) is 23.0 Å². The Morgan fingerprint density at radius 3 is 2.75 bits per heavy atom. The Morgan fingerprint density at radius 2 is 2.07 bits per heavy atom. The standard InChI is InChI=1S/C21H25ClN2O4/c1-12-10-13(2)23-20(26)16(12)11-24-8-6-15-4-5-17(28-14(3)7-9-25)19(22)18(15)21(24)27/h4-5,10,14,25H,6-9,11H2,1-3H3,(H,23,26)/t14-/m1/s1. The van der Waals surface area contributed by atoms with Crippen LogP contribution in [0.25, 0.3) is 0 Å². The topological polar surface area (TPSA) is 82.6 Å². The molecule has 0 fully saturated rings. The molecule has 1 amide bonds. The zero-order valence-electron chi connectivity index (χ0n) is 16.3. The number of carbonyl (C=O) groups excluding carboxylic acids is 1. The predicted octanol–water partition coefficient (Wildman–Crippen LogP) is 2.99. The molecule has 7 heteroatoms. The van der Waals surface area contributed by atoms with E-state index in [0.717, 1.165) is 16.8 Å². The molecule has 28 heavy (non-hydrogen) atoms. The zero-order valence-corrected chi connectivity index (χ0v) is 17.1. The van der Waals surface area contributed by atoms with E-state index < -0.39 is 0 Å². The predicted molar refractivity (Wildman–Crippen MR) is 108 cm³/mol. The smallest absolute Gasteiger partial charge is 0.256 e. The van der Waals surface area contributed by atoms with Gasteiger partial charge in [-0.15, -0.1) is 0 Å². The van der Waals surface area contributed by atoms with Crippen LogP contribution in [-0.2, 0) is 13.0 Å². The lowest BCUT2D eigenvalue weighted by molar-refractivity contribution is 0.0725. The Morgan fingerprint density at radius 1 is 1.32 bits per heavy atom. The number of benzene rings is 1. The number of aryl methyl sites for hydroxylation is 2. The first kappa shape index (κ1) is 20.4. The Hall–Kier alpha value is -2.31. The van der Waals surface area contributed by atoms with Crippen LogP contribution in [0.1, 0.15) is 46.1 Å². The molecule has 1 aliphatic heterocycles. The van der Waals surface area contributed by atoms with Gasteiger partial charge in [-0.25, -0.2) is 0 Å². The van der Waals surface area contributed by atoms with E-state index >= 15 is 0 Å². The minimum atomic E-state index is -0.218. The minimum absolute atomic E-state index is 0.0148. The highest BCUT2D eigenvalue weighted by molar-refractivity contribution is 6.35. The van der Waals surface area contributed by atoms with Gasteiger partial charge in [0.2, 0.25) is 0 Å². The Labute approximate surface area is 169 Å². The number of carbonyl (C=O) groups is 1. The molecule has 6 nitrogen and oxygen atoms in total. The highest BCUT2D eigenvalue weighted by atomic mass is 35.5. The summed E-state index contributed by atoms with van der Waals surface area (Å²) in [5, 5.41) is 9.34. The quantitative estimate of drug-likeness (QED) is 0.775. The number of H-pyrrole nitrogens is 1. The SMILES string of the molecule is Cc1cc(C)c(CN2CCc3ccc(O[C@H](C)CCO)c(Cl)c3C2=O)c(=O)[nH]1. The van der Waals surface area contributed by atoms with Gasteiger partial charge in [-0.2, -0.15) is 0 Å². The fourth-order valence-corrected chi connectivity index (χ4v) is 3.83. The monoisotopic (exact) mass is 404 g/mol. The molecule has 0 unspecified atom stereocenters.